The van der Waals surface area contributed by atoms with Crippen LogP contribution in [0.5, 0.6) is 0 Å². The molecule has 0 aromatic rings. The van der Waals surface area contributed by atoms with Crippen molar-refractivity contribution < 1.29 is 18.3 Å². The average Bonchev–Trinajstić information content (AvgIpc) is 3.00. The van der Waals surface area contributed by atoms with Crippen LogP contribution in [-0.4, -0.2) is 55.6 Å². The summed E-state index contributed by atoms with van der Waals surface area (Å²) in [6, 6.07) is 0.305. The van der Waals surface area contributed by atoms with E-state index in [1.165, 1.54) is 4.90 Å². The minimum atomic E-state index is -2.40. The molecule has 18 heavy (non-hydrogen) atoms. The Hall–Kier alpha value is -0.750. The zero-order chi connectivity index (χ0) is 13.8. The Kier molecular flexibility index (Phi) is 5.47. The molecule has 1 fully saturated rings. The highest BCUT2D eigenvalue weighted by Crippen LogP contribution is 2.23. The molecule has 1 N–H and O–H groups in total. The van der Waals surface area contributed by atoms with Crippen molar-refractivity contribution in [3.05, 3.63) is 0 Å². The van der Waals surface area contributed by atoms with Crippen molar-refractivity contribution >= 4 is 5.97 Å². The van der Waals surface area contributed by atoms with Crippen LogP contribution in [0.2, 0.25) is 0 Å². The lowest BCUT2D eigenvalue weighted by Crippen LogP contribution is -2.58. The minimum Gasteiger partial charge on any atom is -0.465 e. The van der Waals surface area contributed by atoms with Crippen molar-refractivity contribution in [1.82, 2.24) is 10.2 Å². The molecule has 1 rings (SSSR count). The van der Waals surface area contributed by atoms with Gasteiger partial charge >= 0.3 is 5.97 Å². The first kappa shape index (κ1) is 15.3. The molecule has 0 heterocycles. The molecule has 0 aliphatic heterocycles. The molecule has 0 radical (unpaired) electrons. The van der Waals surface area contributed by atoms with E-state index >= 15 is 0 Å². The molecule has 4 nitrogen and oxygen atoms in total. The summed E-state index contributed by atoms with van der Waals surface area (Å²) >= 11 is 0. The number of hydrogen-bond acceptors (Lipinski definition) is 4. The number of rotatable bonds is 8. The van der Waals surface area contributed by atoms with Crippen LogP contribution in [0.3, 0.4) is 0 Å². The van der Waals surface area contributed by atoms with Crippen LogP contribution in [0.25, 0.3) is 0 Å². The molecule has 0 aromatic carbocycles. The van der Waals surface area contributed by atoms with E-state index in [2.05, 4.69) is 5.32 Å². The molecule has 1 aliphatic carbocycles. The molecule has 106 valence electrons. The van der Waals surface area contributed by atoms with E-state index in [4.69, 9.17) is 4.74 Å². The number of nitrogens with zero attached hydrogens (tertiary/aromatic N) is 1. The Morgan fingerprint density at radius 1 is 1.56 bits per heavy atom. The van der Waals surface area contributed by atoms with Gasteiger partial charge in [-0.15, -0.1) is 0 Å². The topological polar surface area (TPSA) is 41.6 Å². The zero-order valence-electron chi connectivity index (χ0n) is 11.2. The van der Waals surface area contributed by atoms with E-state index in [-0.39, 0.29) is 19.1 Å². The van der Waals surface area contributed by atoms with Crippen LogP contribution in [0.4, 0.5) is 8.78 Å². The predicted molar refractivity (Wildman–Crippen MR) is 64.7 cm³/mol. The van der Waals surface area contributed by atoms with Crippen molar-refractivity contribution in [2.45, 2.75) is 44.7 Å². The summed E-state index contributed by atoms with van der Waals surface area (Å²) in [5, 5.41) is 3.19. The summed E-state index contributed by atoms with van der Waals surface area (Å²) in [4.78, 5) is 13.4. The number of halogens is 2. The number of esters is 1. The van der Waals surface area contributed by atoms with Crippen LogP contribution >= 0.6 is 0 Å². The number of ether oxygens (including phenoxy) is 1. The van der Waals surface area contributed by atoms with E-state index in [1.54, 1.807) is 20.9 Å². The Balaban J connectivity index is 2.60. The van der Waals surface area contributed by atoms with E-state index in [9.17, 15) is 13.6 Å². The average molecular weight is 264 g/mol. The third-order valence-corrected chi connectivity index (χ3v) is 2.86. The highest BCUT2D eigenvalue weighted by atomic mass is 19.3. The standard InChI is InChI=1S/C12H22F2N2O2/c1-4-18-11(17)12(2,15-9-5-6-9)8-16(3)7-10(13)14/h9-10,15H,4-8H2,1-3H3. The van der Waals surface area contributed by atoms with Crippen molar-refractivity contribution in [2.24, 2.45) is 0 Å². The van der Waals surface area contributed by atoms with Gasteiger partial charge in [0, 0.05) is 12.6 Å². The SMILES string of the molecule is CCOC(=O)C(C)(CN(C)CC(F)F)NC1CC1. The van der Waals surface area contributed by atoms with Gasteiger partial charge in [0.25, 0.3) is 6.43 Å². The molecule has 6 heteroatoms. The van der Waals surface area contributed by atoms with Crippen LogP contribution in [-0.2, 0) is 9.53 Å². The summed E-state index contributed by atoms with van der Waals surface area (Å²) in [5.74, 6) is -0.377. The minimum absolute atomic E-state index is 0.215. The molecule has 1 atom stereocenters. The summed E-state index contributed by atoms with van der Waals surface area (Å²) in [6.07, 6.45) is -0.358. The van der Waals surface area contributed by atoms with Gasteiger partial charge in [-0.05, 0) is 33.7 Å². The van der Waals surface area contributed by atoms with Gasteiger partial charge in [-0.2, -0.15) is 0 Å². The van der Waals surface area contributed by atoms with Gasteiger partial charge in [-0.1, -0.05) is 0 Å². The van der Waals surface area contributed by atoms with E-state index in [0.29, 0.717) is 12.6 Å². The van der Waals surface area contributed by atoms with Crippen molar-refractivity contribution in [1.29, 1.82) is 0 Å². The maximum Gasteiger partial charge on any atom is 0.327 e. The van der Waals surface area contributed by atoms with Gasteiger partial charge in [-0.3, -0.25) is 15.0 Å². The third-order valence-electron chi connectivity index (χ3n) is 2.86. The largest absolute Gasteiger partial charge is 0.465 e. The second-order valence-corrected chi connectivity index (χ2v) is 5.06. The van der Waals surface area contributed by atoms with Crippen molar-refractivity contribution in [3.8, 4) is 0 Å². The maximum atomic E-state index is 12.3. The molecule has 0 spiro atoms. The zero-order valence-corrected chi connectivity index (χ0v) is 11.2. The van der Waals surface area contributed by atoms with Gasteiger partial charge in [0.1, 0.15) is 5.54 Å². The lowest BCUT2D eigenvalue weighted by Gasteiger charge is -2.32. The molecule has 1 unspecified atom stereocenters. The molecule has 0 bridgehead atoms. The number of nitrogens with one attached hydrogen (secondary N) is 1. The number of hydrogen-bond donors (Lipinski definition) is 1. The number of carbonyl (C=O) groups excluding carboxylic acids is 1. The first-order valence-corrected chi connectivity index (χ1v) is 6.29. The summed E-state index contributed by atoms with van der Waals surface area (Å²) < 4.78 is 29.6. The van der Waals surface area contributed by atoms with Gasteiger partial charge in [-0.25, -0.2) is 8.78 Å². The second-order valence-electron chi connectivity index (χ2n) is 5.06. The smallest absolute Gasteiger partial charge is 0.327 e. The van der Waals surface area contributed by atoms with Gasteiger partial charge in [0.15, 0.2) is 0 Å². The number of alkyl halides is 2. The van der Waals surface area contributed by atoms with Crippen LogP contribution < -0.4 is 5.32 Å². The fraction of sp³-hybridized carbons (Fsp3) is 0.917. The molecule has 1 aliphatic rings. The lowest BCUT2D eigenvalue weighted by molar-refractivity contribution is -0.151. The molecular weight excluding hydrogens is 242 g/mol. The van der Waals surface area contributed by atoms with Gasteiger partial charge in [0.05, 0.1) is 13.2 Å². The Labute approximate surface area is 107 Å². The number of carbonyl (C=O) groups is 1. The highest BCUT2D eigenvalue weighted by Gasteiger charge is 2.40. The molecule has 1 saturated carbocycles. The Morgan fingerprint density at radius 2 is 2.17 bits per heavy atom. The van der Waals surface area contributed by atoms with E-state index in [0.717, 1.165) is 12.8 Å². The predicted octanol–water partition coefficient (Wildman–Crippen LogP) is 1.26. The van der Waals surface area contributed by atoms with Crippen LogP contribution in [0, 0.1) is 0 Å². The monoisotopic (exact) mass is 264 g/mol. The highest BCUT2D eigenvalue weighted by molar-refractivity contribution is 5.80. The fourth-order valence-electron chi connectivity index (χ4n) is 1.98. The van der Waals surface area contributed by atoms with Crippen LogP contribution in [0.1, 0.15) is 26.7 Å². The quantitative estimate of drug-likeness (QED) is 0.670. The molecule has 0 amide bonds. The van der Waals surface area contributed by atoms with Crippen molar-refractivity contribution in [3.63, 3.8) is 0 Å². The first-order chi connectivity index (χ1) is 8.37. The lowest BCUT2D eigenvalue weighted by atomic mass is 10.0. The summed E-state index contributed by atoms with van der Waals surface area (Å²) in [7, 11) is 1.58. The van der Waals surface area contributed by atoms with Gasteiger partial charge in [0.2, 0.25) is 0 Å². The molecule has 0 saturated heterocycles. The molecule has 0 aromatic heterocycles. The first-order valence-electron chi connectivity index (χ1n) is 6.29. The Bertz CT molecular complexity index is 285. The third kappa shape index (κ3) is 4.86. The van der Waals surface area contributed by atoms with E-state index < -0.39 is 12.0 Å². The van der Waals surface area contributed by atoms with Crippen molar-refractivity contribution in [2.75, 3.05) is 26.7 Å². The van der Waals surface area contributed by atoms with Gasteiger partial charge < -0.3 is 4.74 Å². The van der Waals surface area contributed by atoms with Crippen LogP contribution in [0.15, 0.2) is 0 Å². The molecular formula is C12H22F2N2O2. The normalized spacial score (nSPS) is 19.1. The fourth-order valence-corrected chi connectivity index (χ4v) is 1.98. The summed E-state index contributed by atoms with van der Waals surface area (Å²) in [5.41, 5.74) is -0.916. The number of likely N-dealkylation sites (N-methyl/N-ethyl adjacent to an activating group) is 1. The summed E-state index contributed by atoms with van der Waals surface area (Å²) in [6.45, 7) is 3.61. The maximum absolute atomic E-state index is 12.3. The van der Waals surface area contributed by atoms with E-state index in [1.807, 2.05) is 0 Å². The Morgan fingerprint density at radius 3 is 2.61 bits per heavy atom. The second kappa shape index (κ2) is 6.43.